The zero-order chi connectivity index (χ0) is 21.2. The molecule has 0 saturated carbocycles. The molecule has 4 heteroatoms. The maximum absolute atomic E-state index is 12.0. The summed E-state index contributed by atoms with van der Waals surface area (Å²) in [6.07, 6.45) is 24.0. The first-order valence-corrected chi connectivity index (χ1v) is 12.8. The Morgan fingerprint density at radius 1 is 0.759 bits per heavy atom. The summed E-state index contributed by atoms with van der Waals surface area (Å²) in [4.78, 5) is 0.174. The molecule has 0 bridgehead atoms. The molecule has 0 spiro atoms. The zero-order valence-electron chi connectivity index (χ0n) is 18.4. The lowest BCUT2D eigenvalue weighted by Gasteiger charge is -2.02. The Labute approximate surface area is 179 Å². The van der Waals surface area contributed by atoms with E-state index in [-0.39, 0.29) is 4.90 Å². The van der Waals surface area contributed by atoms with Crippen LogP contribution in [0, 0.1) is 6.92 Å². The fraction of sp³-hybridized carbons (Fsp3) is 0.600. The molecule has 0 aromatic heterocycles. The minimum Gasteiger partial charge on any atom is -0.387 e. The van der Waals surface area contributed by atoms with Crippen molar-refractivity contribution >= 4 is 10.1 Å². The molecule has 0 fully saturated rings. The van der Waals surface area contributed by atoms with Crippen LogP contribution in [0.1, 0.15) is 96.0 Å². The summed E-state index contributed by atoms with van der Waals surface area (Å²) < 4.78 is 28.9. The van der Waals surface area contributed by atoms with Crippen LogP contribution in [0.3, 0.4) is 0 Å². The van der Waals surface area contributed by atoms with E-state index in [1.807, 2.05) is 13.0 Å². The number of benzene rings is 1. The zero-order valence-corrected chi connectivity index (χ0v) is 19.3. The van der Waals surface area contributed by atoms with E-state index in [1.165, 1.54) is 83.3 Å². The van der Waals surface area contributed by atoms with E-state index in [0.717, 1.165) is 12.0 Å². The Morgan fingerprint density at radius 2 is 1.28 bits per heavy atom. The highest BCUT2D eigenvalue weighted by atomic mass is 32.2. The van der Waals surface area contributed by atoms with Gasteiger partial charge in [0.2, 0.25) is 0 Å². The van der Waals surface area contributed by atoms with Crippen LogP contribution in [0.5, 0.6) is 0 Å². The summed E-state index contributed by atoms with van der Waals surface area (Å²) in [6.45, 7) is 4.18. The van der Waals surface area contributed by atoms with Crippen LogP contribution < -0.4 is 0 Å². The third-order valence-electron chi connectivity index (χ3n) is 5.04. The van der Waals surface area contributed by atoms with E-state index in [2.05, 4.69) is 13.0 Å². The summed E-state index contributed by atoms with van der Waals surface area (Å²) >= 11 is 0. The van der Waals surface area contributed by atoms with E-state index in [1.54, 1.807) is 30.3 Å². The molecule has 0 aliphatic heterocycles. The van der Waals surface area contributed by atoms with Gasteiger partial charge in [-0.05, 0) is 38.0 Å². The van der Waals surface area contributed by atoms with Crippen molar-refractivity contribution in [3.05, 3.63) is 54.3 Å². The van der Waals surface area contributed by atoms with Crippen molar-refractivity contribution in [3.63, 3.8) is 0 Å². The van der Waals surface area contributed by atoms with Gasteiger partial charge in [-0.1, -0.05) is 107 Å². The second kappa shape index (κ2) is 16.3. The summed E-state index contributed by atoms with van der Waals surface area (Å²) in [7, 11) is -3.72. The van der Waals surface area contributed by atoms with Crippen molar-refractivity contribution in [3.8, 4) is 0 Å². The van der Waals surface area contributed by atoms with E-state index in [4.69, 9.17) is 4.18 Å². The van der Waals surface area contributed by atoms with Gasteiger partial charge in [-0.2, -0.15) is 8.42 Å². The molecule has 0 amide bonds. The SMILES string of the molecule is CCCCCCCCCCCCCC/C=C/C=C/OS(=O)(=O)c1ccc(C)cc1. The number of hydrogen-bond donors (Lipinski definition) is 0. The standard InChI is InChI=1S/C25H40O3S/c1-3-4-5-6-7-8-9-10-11-12-13-14-15-16-17-18-23-28-29(26,27)25-21-19-24(2)20-22-25/h16-23H,3-15H2,1-2H3/b17-16+,23-18+. The minimum atomic E-state index is -3.72. The first-order valence-electron chi connectivity index (χ1n) is 11.4. The fourth-order valence-corrected chi connectivity index (χ4v) is 3.98. The quantitative estimate of drug-likeness (QED) is 0.111. The molecule has 29 heavy (non-hydrogen) atoms. The van der Waals surface area contributed by atoms with Crippen LogP contribution in [-0.4, -0.2) is 8.42 Å². The highest BCUT2D eigenvalue weighted by molar-refractivity contribution is 7.86. The largest absolute Gasteiger partial charge is 0.387 e. The summed E-state index contributed by atoms with van der Waals surface area (Å²) in [5.74, 6) is 0. The van der Waals surface area contributed by atoms with Gasteiger partial charge in [-0.3, -0.25) is 0 Å². The van der Waals surface area contributed by atoms with Gasteiger partial charge in [0.25, 0.3) is 0 Å². The number of unbranched alkanes of at least 4 members (excludes halogenated alkanes) is 12. The molecule has 1 aromatic rings. The van der Waals surface area contributed by atoms with Gasteiger partial charge in [-0.15, -0.1) is 0 Å². The molecule has 0 saturated heterocycles. The van der Waals surface area contributed by atoms with E-state index < -0.39 is 10.1 Å². The Morgan fingerprint density at radius 3 is 1.83 bits per heavy atom. The fourth-order valence-electron chi connectivity index (χ4n) is 3.19. The maximum atomic E-state index is 12.0. The van der Waals surface area contributed by atoms with Gasteiger partial charge in [0.15, 0.2) is 0 Å². The van der Waals surface area contributed by atoms with Gasteiger partial charge in [0, 0.05) is 0 Å². The molecule has 0 unspecified atom stereocenters. The molecule has 0 aliphatic rings. The molecule has 0 N–H and O–H groups in total. The smallest absolute Gasteiger partial charge is 0.338 e. The third kappa shape index (κ3) is 13.3. The number of allylic oxidation sites excluding steroid dienone is 3. The monoisotopic (exact) mass is 420 g/mol. The van der Waals surface area contributed by atoms with Crippen LogP contribution >= 0.6 is 0 Å². The van der Waals surface area contributed by atoms with Crippen LogP contribution in [-0.2, 0) is 14.3 Å². The van der Waals surface area contributed by atoms with Gasteiger partial charge in [0.1, 0.15) is 11.2 Å². The van der Waals surface area contributed by atoms with Crippen molar-refractivity contribution < 1.29 is 12.6 Å². The van der Waals surface area contributed by atoms with E-state index >= 15 is 0 Å². The van der Waals surface area contributed by atoms with Crippen LogP contribution in [0.25, 0.3) is 0 Å². The topological polar surface area (TPSA) is 43.4 Å². The predicted octanol–water partition coefficient (Wildman–Crippen LogP) is 7.86. The lowest BCUT2D eigenvalue weighted by Crippen LogP contribution is -2.01. The first-order chi connectivity index (χ1) is 14.1. The van der Waals surface area contributed by atoms with Gasteiger partial charge >= 0.3 is 10.1 Å². The molecule has 164 valence electrons. The minimum absolute atomic E-state index is 0.174. The molecule has 0 aliphatic carbocycles. The normalized spacial score (nSPS) is 12.2. The number of hydrogen-bond acceptors (Lipinski definition) is 3. The second-order valence-corrected chi connectivity index (χ2v) is 9.37. The molecule has 0 heterocycles. The number of rotatable bonds is 17. The maximum Gasteiger partial charge on any atom is 0.338 e. The molecule has 3 nitrogen and oxygen atoms in total. The molecular weight excluding hydrogens is 380 g/mol. The van der Waals surface area contributed by atoms with Gasteiger partial charge < -0.3 is 4.18 Å². The Hall–Kier alpha value is -1.55. The lowest BCUT2D eigenvalue weighted by atomic mass is 10.0. The van der Waals surface area contributed by atoms with Crippen molar-refractivity contribution in [2.45, 2.75) is 102 Å². The second-order valence-electron chi connectivity index (χ2n) is 7.80. The van der Waals surface area contributed by atoms with Crippen molar-refractivity contribution in [1.82, 2.24) is 0 Å². The summed E-state index contributed by atoms with van der Waals surface area (Å²) in [6, 6.07) is 6.63. The van der Waals surface area contributed by atoms with Gasteiger partial charge in [0.05, 0.1) is 0 Å². The molecule has 1 rings (SSSR count). The summed E-state index contributed by atoms with van der Waals surface area (Å²) in [5.41, 5.74) is 1.01. The van der Waals surface area contributed by atoms with E-state index in [0.29, 0.717) is 0 Å². The molecular formula is C25H40O3S. The Kier molecular flexibility index (Phi) is 14.3. The van der Waals surface area contributed by atoms with Crippen molar-refractivity contribution in [2.24, 2.45) is 0 Å². The van der Waals surface area contributed by atoms with Crippen LogP contribution in [0.15, 0.2) is 53.7 Å². The molecule has 0 atom stereocenters. The van der Waals surface area contributed by atoms with Gasteiger partial charge in [-0.25, -0.2) is 0 Å². The van der Waals surface area contributed by atoms with Crippen LogP contribution in [0.2, 0.25) is 0 Å². The molecule has 1 aromatic carbocycles. The average Bonchev–Trinajstić information content (AvgIpc) is 2.70. The van der Waals surface area contributed by atoms with Crippen LogP contribution in [0.4, 0.5) is 0 Å². The third-order valence-corrected chi connectivity index (χ3v) is 6.26. The van der Waals surface area contributed by atoms with Crippen molar-refractivity contribution in [1.29, 1.82) is 0 Å². The van der Waals surface area contributed by atoms with E-state index in [9.17, 15) is 8.42 Å². The summed E-state index contributed by atoms with van der Waals surface area (Å²) in [5, 5.41) is 0. The van der Waals surface area contributed by atoms with Crippen molar-refractivity contribution in [2.75, 3.05) is 0 Å². The number of aryl methyl sites for hydroxylation is 1. The highest BCUT2D eigenvalue weighted by Crippen LogP contribution is 2.14. The average molecular weight is 421 g/mol. The molecule has 0 radical (unpaired) electrons. The Balaban J connectivity index is 1.99. The predicted molar refractivity (Wildman–Crippen MR) is 123 cm³/mol. The Bertz CT molecular complexity index is 673. The highest BCUT2D eigenvalue weighted by Gasteiger charge is 2.12. The first kappa shape index (κ1) is 25.5. The lowest BCUT2D eigenvalue weighted by molar-refractivity contribution is 0.443.